The van der Waals surface area contributed by atoms with Crippen LogP contribution < -0.4 is 9.47 Å². The number of aryl methyl sites for hydroxylation is 1. The van der Waals surface area contributed by atoms with E-state index >= 15 is 0 Å². The van der Waals surface area contributed by atoms with Crippen LogP contribution in [0, 0.1) is 24.1 Å². The van der Waals surface area contributed by atoms with Crippen molar-refractivity contribution in [1.82, 2.24) is 0 Å². The van der Waals surface area contributed by atoms with E-state index in [1.165, 1.54) is 24.3 Å². The van der Waals surface area contributed by atoms with E-state index in [1.807, 2.05) is 6.92 Å². The summed E-state index contributed by atoms with van der Waals surface area (Å²) in [6, 6.07) is 19.2. The standard InChI is InChI=1S/C25H22FNO4S/c1-3-30-25-15-19(10-13-24(25)31-17-20-6-4-5-7-23(20)26)14-22(16-27)32(28,29)21-11-8-18(2)9-12-21/h4-15H,3,17H2,1-2H3/b22-14+. The zero-order valence-corrected chi connectivity index (χ0v) is 18.5. The highest BCUT2D eigenvalue weighted by atomic mass is 32.2. The Kier molecular flexibility index (Phi) is 7.29. The topological polar surface area (TPSA) is 76.4 Å². The lowest BCUT2D eigenvalue weighted by atomic mass is 10.2. The van der Waals surface area contributed by atoms with Gasteiger partial charge in [-0.05, 0) is 55.8 Å². The second-order valence-corrected chi connectivity index (χ2v) is 8.87. The lowest BCUT2D eigenvalue weighted by Crippen LogP contribution is -2.04. The normalized spacial score (nSPS) is 11.6. The van der Waals surface area contributed by atoms with Crippen LogP contribution in [0.5, 0.6) is 11.5 Å². The van der Waals surface area contributed by atoms with Crippen LogP contribution in [0.15, 0.2) is 76.5 Å². The zero-order valence-electron chi connectivity index (χ0n) is 17.7. The average molecular weight is 452 g/mol. The van der Waals surface area contributed by atoms with Crippen LogP contribution in [0.1, 0.15) is 23.6 Å². The Labute approximate surface area is 187 Å². The number of halogens is 1. The van der Waals surface area contributed by atoms with Gasteiger partial charge in [0.05, 0.1) is 11.5 Å². The maximum atomic E-state index is 13.9. The van der Waals surface area contributed by atoms with Crippen LogP contribution in [0.2, 0.25) is 0 Å². The molecule has 0 unspecified atom stereocenters. The SMILES string of the molecule is CCOc1cc(/C=C(\C#N)S(=O)(=O)c2ccc(C)cc2)ccc1OCc1ccccc1F. The van der Waals surface area contributed by atoms with Crippen LogP contribution in [0.4, 0.5) is 4.39 Å². The molecule has 0 bridgehead atoms. The fraction of sp³-hybridized carbons (Fsp3) is 0.160. The summed E-state index contributed by atoms with van der Waals surface area (Å²) in [5.41, 5.74) is 1.77. The van der Waals surface area contributed by atoms with Gasteiger partial charge in [0.15, 0.2) is 11.5 Å². The largest absolute Gasteiger partial charge is 0.490 e. The van der Waals surface area contributed by atoms with Gasteiger partial charge in [-0.3, -0.25) is 0 Å². The first-order valence-corrected chi connectivity index (χ1v) is 11.4. The molecule has 3 aromatic rings. The quantitative estimate of drug-likeness (QED) is 0.426. The molecule has 0 aliphatic carbocycles. The van der Waals surface area contributed by atoms with E-state index in [0.29, 0.717) is 29.2 Å². The van der Waals surface area contributed by atoms with Gasteiger partial charge >= 0.3 is 0 Å². The molecule has 0 saturated heterocycles. The van der Waals surface area contributed by atoms with Crippen LogP contribution in [-0.2, 0) is 16.4 Å². The van der Waals surface area contributed by atoms with E-state index in [9.17, 15) is 18.1 Å². The average Bonchev–Trinajstić information content (AvgIpc) is 2.78. The van der Waals surface area contributed by atoms with E-state index in [-0.39, 0.29) is 22.2 Å². The van der Waals surface area contributed by atoms with Crippen LogP contribution in [0.3, 0.4) is 0 Å². The maximum absolute atomic E-state index is 13.9. The van der Waals surface area contributed by atoms with Crippen LogP contribution >= 0.6 is 0 Å². The van der Waals surface area contributed by atoms with Crippen molar-refractivity contribution < 1.29 is 22.3 Å². The molecule has 32 heavy (non-hydrogen) atoms. The molecule has 0 aliphatic heterocycles. The second kappa shape index (κ2) is 10.1. The summed E-state index contributed by atoms with van der Waals surface area (Å²) in [6.45, 7) is 4.00. The van der Waals surface area contributed by atoms with E-state index in [0.717, 1.165) is 5.56 Å². The fourth-order valence-electron chi connectivity index (χ4n) is 2.94. The van der Waals surface area contributed by atoms with Crippen molar-refractivity contribution >= 4 is 15.9 Å². The number of nitrogens with zero attached hydrogens (tertiary/aromatic N) is 1. The first kappa shape index (κ1) is 23.0. The predicted molar refractivity (Wildman–Crippen MR) is 120 cm³/mol. The third kappa shape index (κ3) is 5.34. The summed E-state index contributed by atoms with van der Waals surface area (Å²) >= 11 is 0. The number of ether oxygens (including phenoxy) is 2. The minimum absolute atomic E-state index is 0.00713. The van der Waals surface area contributed by atoms with Gasteiger partial charge in [-0.1, -0.05) is 42.0 Å². The molecular weight excluding hydrogens is 429 g/mol. The number of rotatable bonds is 8. The molecule has 0 atom stereocenters. The van der Waals surface area contributed by atoms with Gasteiger partial charge in [0.1, 0.15) is 23.4 Å². The Morgan fingerprint density at radius 1 is 1.03 bits per heavy atom. The summed E-state index contributed by atoms with van der Waals surface area (Å²) < 4.78 is 50.9. The van der Waals surface area contributed by atoms with Gasteiger partial charge in [-0.25, -0.2) is 12.8 Å². The molecule has 0 aromatic heterocycles. The summed E-state index contributed by atoms with van der Waals surface area (Å²) in [5.74, 6) is 0.375. The Hall–Kier alpha value is -3.63. The molecule has 0 N–H and O–H groups in total. The third-order valence-corrected chi connectivity index (χ3v) is 6.32. The van der Waals surface area contributed by atoms with Gasteiger partial charge in [0, 0.05) is 5.56 Å². The number of benzene rings is 3. The van der Waals surface area contributed by atoms with Crippen molar-refractivity contribution in [1.29, 1.82) is 5.26 Å². The molecule has 0 heterocycles. The summed E-state index contributed by atoms with van der Waals surface area (Å²) in [5, 5.41) is 9.51. The van der Waals surface area contributed by atoms with Gasteiger partial charge in [0.25, 0.3) is 0 Å². The fourth-order valence-corrected chi connectivity index (χ4v) is 4.10. The highest BCUT2D eigenvalue weighted by molar-refractivity contribution is 7.95. The molecule has 164 valence electrons. The molecular formula is C25H22FNO4S. The molecule has 0 amide bonds. The number of nitriles is 1. The first-order chi connectivity index (χ1) is 15.3. The molecule has 3 rings (SSSR count). The Morgan fingerprint density at radius 2 is 1.75 bits per heavy atom. The van der Waals surface area contributed by atoms with Gasteiger partial charge in [-0.2, -0.15) is 5.26 Å². The van der Waals surface area contributed by atoms with E-state index in [4.69, 9.17) is 9.47 Å². The minimum atomic E-state index is -3.97. The van der Waals surface area contributed by atoms with E-state index < -0.39 is 9.84 Å². The molecule has 0 saturated carbocycles. The molecule has 5 nitrogen and oxygen atoms in total. The van der Waals surface area contributed by atoms with Crippen molar-refractivity contribution in [2.45, 2.75) is 25.3 Å². The van der Waals surface area contributed by atoms with Gasteiger partial charge in [-0.15, -0.1) is 0 Å². The van der Waals surface area contributed by atoms with Crippen molar-refractivity contribution in [2.75, 3.05) is 6.61 Å². The van der Waals surface area contributed by atoms with E-state index in [2.05, 4.69) is 0 Å². The molecule has 0 spiro atoms. The Balaban J connectivity index is 1.91. The lowest BCUT2D eigenvalue weighted by molar-refractivity contribution is 0.266. The van der Waals surface area contributed by atoms with Crippen molar-refractivity contribution in [3.05, 3.63) is 94.1 Å². The molecule has 3 aromatic carbocycles. The number of sulfone groups is 1. The zero-order chi connectivity index (χ0) is 23.1. The van der Waals surface area contributed by atoms with E-state index in [1.54, 1.807) is 61.5 Å². The summed E-state index contributed by atoms with van der Waals surface area (Å²) in [4.78, 5) is -0.338. The lowest BCUT2D eigenvalue weighted by Gasteiger charge is -2.13. The number of hydrogen-bond acceptors (Lipinski definition) is 5. The maximum Gasteiger partial charge on any atom is 0.216 e. The summed E-state index contributed by atoms with van der Waals surface area (Å²) in [6.07, 6.45) is 1.29. The summed E-state index contributed by atoms with van der Waals surface area (Å²) in [7, 11) is -3.97. The first-order valence-electron chi connectivity index (χ1n) is 9.91. The smallest absolute Gasteiger partial charge is 0.216 e. The number of hydrogen-bond donors (Lipinski definition) is 0. The Morgan fingerprint density at radius 3 is 2.41 bits per heavy atom. The predicted octanol–water partition coefficient (Wildman–Crippen LogP) is 5.45. The van der Waals surface area contributed by atoms with Crippen molar-refractivity contribution in [2.24, 2.45) is 0 Å². The minimum Gasteiger partial charge on any atom is -0.490 e. The second-order valence-electron chi connectivity index (χ2n) is 6.96. The number of allylic oxidation sites excluding steroid dienone is 1. The van der Waals surface area contributed by atoms with Gasteiger partial charge < -0.3 is 9.47 Å². The molecule has 0 fully saturated rings. The van der Waals surface area contributed by atoms with Gasteiger partial charge in [0.2, 0.25) is 9.84 Å². The Bertz CT molecular complexity index is 1280. The molecule has 7 heteroatoms. The van der Waals surface area contributed by atoms with Crippen LogP contribution in [-0.4, -0.2) is 15.0 Å². The van der Waals surface area contributed by atoms with Crippen molar-refractivity contribution in [3.8, 4) is 17.6 Å². The highest BCUT2D eigenvalue weighted by Crippen LogP contribution is 2.31. The van der Waals surface area contributed by atoms with Crippen LogP contribution in [0.25, 0.3) is 6.08 Å². The molecule has 0 radical (unpaired) electrons. The molecule has 0 aliphatic rings. The highest BCUT2D eigenvalue weighted by Gasteiger charge is 2.21. The van der Waals surface area contributed by atoms with Crippen molar-refractivity contribution in [3.63, 3.8) is 0 Å². The monoisotopic (exact) mass is 451 g/mol. The third-order valence-electron chi connectivity index (χ3n) is 4.64.